The summed E-state index contributed by atoms with van der Waals surface area (Å²) in [6.45, 7) is 2.17. The molecule has 170 valence electrons. The van der Waals surface area contributed by atoms with Gasteiger partial charge in [-0.2, -0.15) is 13.2 Å². The van der Waals surface area contributed by atoms with Gasteiger partial charge in [0, 0.05) is 50.4 Å². The number of hydrogen-bond donors (Lipinski definition) is 1. The van der Waals surface area contributed by atoms with Gasteiger partial charge in [-0.1, -0.05) is 18.2 Å². The SMILES string of the molecule is O=C1Nc2ccccc2CC1CCC(=O)N1CCCN(c2ccc(C(F)(F)F)cn2)CC1. The van der Waals surface area contributed by atoms with Gasteiger partial charge in [0.1, 0.15) is 5.82 Å². The maximum Gasteiger partial charge on any atom is 0.417 e. The fourth-order valence-corrected chi connectivity index (χ4v) is 4.24. The molecule has 9 heteroatoms. The lowest BCUT2D eigenvalue weighted by molar-refractivity contribution is -0.138. The molecule has 3 heterocycles. The normalized spacial score (nSPS) is 19.2. The zero-order chi connectivity index (χ0) is 22.7. The Kier molecular flexibility index (Phi) is 6.34. The molecular formula is C23H25F3N4O2. The van der Waals surface area contributed by atoms with E-state index < -0.39 is 11.7 Å². The summed E-state index contributed by atoms with van der Waals surface area (Å²) in [5, 5.41) is 2.91. The van der Waals surface area contributed by atoms with Crippen molar-refractivity contribution in [2.24, 2.45) is 5.92 Å². The first-order valence-electron chi connectivity index (χ1n) is 10.8. The minimum absolute atomic E-state index is 0.00103. The molecule has 0 spiro atoms. The second-order valence-electron chi connectivity index (χ2n) is 8.21. The van der Waals surface area contributed by atoms with Crippen LogP contribution in [0.2, 0.25) is 0 Å². The Bertz CT molecular complexity index is 978. The highest BCUT2D eigenvalue weighted by molar-refractivity contribution is 5.96. The number of pyridine rings is 1. The van der Waals surface area contributed by atoms with E-state index in [9.17, 15) is 22.8 Å². The molecule has 4 rings (SSSR count). The topological polar surface area (TPSA) is 65.5 Å². The summed E-state index contributed by atoms with van der Waals surface area (Å²) >= 11 is 0. The molecule has 1 aromatic carbocycles. The van der Waals surface area contributed by atoms with Gasteiger partial charge in [-0.3, -0.25) is 9.59 Å². The van der Waals surface area contributed by atoms with Crippen LogP contribution in [-0.4, -0.2) is 47.9 Å². The van der Waals surface area contributed by atoms with Gasteiger partial charge in [0.2, 0.25) is 11.8 Å². The minimum Gasteiger partial charge on any atom is -0.355 e. The van der Waals surface area contributed by atoms with Crippen LogP contribution in [0.4, 0.5) is 24.7 Å². The largest absolute Gasteiger partial charge is 0.417 e. The van der Waals surface area contributed by atoms with Crippen LogP contribution in [0, 0.1) is 5.92 Å². The van der Waals surface area contributed by atoms with Crippen LogP contribution in [0.1, 0.15) is 30.4 Å². The lowest BCUT2D eigenvalue weighted by atomic mass is 9.89. The van der Waals surface area contributed by atoms with Crippen LogP contribution >= 0.6 is 0 Å². The van der Waals surface area contributed by atoms with E-state index in [1.165, 1.54) is 6.07 Å². The molecule has 2 aromatic rings. The molecule has 1 saturated heterocycles. The molecular weight excluding hydrogens is 421 g/mol. The molecule has 0 radical (unpaired) electrons. The first-order valence-corrected chi connectivity index (χ1v) is 10.8. The third-order valence-corrected chi connectivity index (χ3v) is 6.07. The fraction of sp³-hybridized carbons (Fsp3) is 0.435. The van der Waals surface area contributed by atoms with Crippen molar-refractivity contribution in [3.63, 3.8) is 0 Å². The zero-order valence-electron chi connectivity index (χ0n) is 17.6. The molecule has 0 saturated carbocycles. The molecule has 1 unspecified atom stereocenters. The number of amides is 2. The van der Waals surface area contributed by atoms with Gasteiger partial charge in [0.25, 0.3) is 0 Å². The average Bonchev–Trinajstić information content (AvgIpc) is 3.03. The summed E-state index contributed by atoms with van der Waals surface area (Å²) in [4.78, 5) is 32.8. The van der Waals surface area contributed by atoms with Crippen molar-refractivity contribution in [1.82, 2.24) is 9.88 Å². The smallest absolute Gasteiger partial charge is 0.355 e. The van der Waals surface area contributed by atoms with Crippen LogP contribution in [-0.2, 0) is 22.2 Å². The Labute approximate surface area is 184 Å². The van der Waals surface area contributed by atoms with Crippen molar-refractivity contribution in [3.05, 3.63) is 53.7 Å². The van der Waals surface area contributed by atoms with E-state index in [1.54, 1.807) is 4.90 Å². The lowest BCUT2D eigenvalue weighted by Gasteiger charge is -2.26. The van der Waals surface area contributed by atoms with Gasteiger partial charge in [-0.25, -0.2) is 4.98 Å². The highest BCUT2D eigenvalue weighted by Crippen LogP contribution is 2.30. The average molecular weight is 446 g/mol. The van der Waals surface area contributed by atoms with E-state index in [-0.39, 0.29) is 17.7 Å². The number of nitrogens with one attached hydrogen (secondary N) is 1. The van der Waals surface area contributed by atoms with Gasteiger partial charge >= 0.3 is 6.18 Å². The van der Waals surface area contributed by atoms with Crippen LogP contribution in [0.3, 0.4) is 0 Å². The number of para-hydroxylation sites is 1. The third-order valence-electron chi connectivity index (χ3n) is 6.07. The zero-order valence-corrected chi connectivity index (χ0v) is 17.6. The summed E-state index contributed by atoms with van der Waals surface area (Å²) in [5.74, 6) is 0.198. The summed E-state index contributed by atoms with van der Waals surface area (Å²) in [6.07, 6.45) is -1.46. The van der Waals surface area contributed by atoms with E-state index in [2.05, 4.69) is 10.3 Å². The number of rotatable bonds is 4. The second-order valence-corrected chi connectivity index (χ2v) is 8.21. The second kappa shape index (κ2) is 9.18. The molecule has 1 N–H and O–H groups in total. The molecule has 2 aliphatic rings. The van der Waals surface area contributed by atoms with E-state index in [1.807, 2.05) is 29.2 Å². The quantitative estimate of drug-likeness (QED) is 0.777. The Hall–Kier alpha value is -3.10. The van der Waals surface area contributed by atoms with Gasteiger partial charge in [0.05, 0.1) is 5.56 Å². The fourth-order valence-electron chi connectivity index (χ4n) is 4.24. The maximum atomic E-state index is 12.8. The molecule has 6 nitrogen and oxygen atoms in total. The van der Waals surface area contributed by atoms with Crippen LogP contribution < -0.4 is 10.2 Å². The van der Waals surface area contributed by atoms with Crippen molar-refractivity contribution in [2.75, 3.05) is 36.4 Å². The Morgan fingerprint density at radius 2 is 1.91 bits per heavy atom. The summed E-state index contributed by atoms with van der Waals surface area (Å²) < 4.78 is 38.2. The van der Waals surface area contributed by atoms with Crippen molar-refractivity contribution in [3.8, 4) is 0 Å². The number of hydrogen-bond acceptors (Lipinski definition) is 4. The Morgan fingerprint density at radius 1 is 1.09 bits per heavy atom. The van der Waals surface area contributed by atoms with Crippen molar-refractivity contribution in [2.45, 2.75) is 31.9 Å². The highest BCUT2D eigenvalue weighted by Gasteiger charge is 2.31. The molecule has 1 fully saturated rings. The van der Waals surface area contributed by atoms with Crippen LogP contribution in [0.5, 0.6) is 0 Å². The number of carbonyl (C=O) groups excluding carboxylic acids is 2. The molecule has 0 aliphatic carbocycles. The monoisotopic (exact) mass is 446 g/mol. The van der Waals surface area contributed by atoms with E-state index in [0.717, 1.165) is 23.5 Å². The van der Waals surface area contributed by atoms with E-state index >= 15 is 0 Å². The number of aromatic nitrogens is 1. The van der Waals surface area contributed by atoms with Gasteiger partial charge in [-0.15, -0.1) is 0 Å². The van der Waals surface area contributed by atoms with Gasteiger partial charge < -0.3 is 15.1 Å². The van der Waals surface area contributed by atoms with Crippen molar-refractivity contribution in [1.29, 1.82) is 0 Å². The third kappa shape index (κ3) is 5.03. The summed E-state index contributed by atoms with van der Waals surface area (Å²) in [5.41, 5.74) is 1.14. The predicted molar refractivity (Wildman–Crippen MR) is 114 cm³/mol. The molecule has 2 aliphatic heterocycles. The van der Waals surface area contributed by atoms with Gasteiger partial charge in [-0.05, 0) is 43.0 Å². The summed E-state index contributed by atoms with van der Waals surface area (Å²) in [7, 11) is 0. The first-order chi connectivity index (χ1) is 15.3. The molecule has 2 amide bonds. The minimum atomic E-state index is -4.41. The highest BCUT2D eigenvalue weighted by atomic mass is 19.4. The first kappa shape index (κ1) is 22.1. The molecule has 32 heavy (non-hydrogen) atoms. The predicted octanol–water partition coefficient (Wildman–Crippen LogP) is 3.73. The Morgan fingerprint density at radius 3 is 2.66 bits per heavy atom. The Balaban J connectivity index is 1.30. The number of benzene rings is 1. The van der Waals surface area contributed by atoms with Crippen molar-refractivity contribution < 1.29 is 22.8 Å². The van der Waals surface area contributed by atoms with E-state index in [0.29, 0.717) is 57.7 Å². The number of anilines is 2. The van der Waals surface area contributed by atoms with Crippen LogP contribution in [0.25, 0.3) is 0 Å². The molecule has 1 atom stereocenters. The number of alkyl halides is 3. The standard InChI is InChI=1S/C23H25F3N4O2/c24-23(25,26)18-7-8-20(27-15-18)29-10-3-11-30(13-12-29)21(31)9-6-17-14-16-4-1-2-5-19(16)28-22(17)32/h1-2,4-5,7-8,15,17H,3,6,9-14H2,(H,28,32). The molecule has 0 bridgehead atoms. The van der Waals surface area contributed by atoms with Crippen LogP contribution in [0.15, 0.2) is 42.6 Å². The number of carbonyl (C=O) groups is 2. The number of halogens is 3. The summed E-state index contributed by atoms with van der Waals surface area (Å²) in [6, 6.07) is 10.1. The maximum absolute atomic E-state index is 12.8. The lowest BCUT2D eigenvalue weighted by Crippen LogP contribution is -2.36. The van der Waals surface area contributed by atoms with E-state index in [4.69, 9.17) is 0 Å². The number of fused-ring (bicyclic) bond motifs is 1. The molecule has 1 aromatic heterocycles. The van der Waals surface area contributed by atoms with Gasteiger partial charge in [0.15, 0.2) is 0 Å². The van der Waals surface area contributed by atoms with Crippen molar-refractivity contribution >= 4 is 23.3 Å². The number of nitrogens with zero attached hydrogens (tertiary/aromatic N) is 3.